The number of alkyl halides is 3. The molecule has 2 nitrogen and oxygen atoms in total. The first-order valence-corrected chi connectivity index (χ1v) is 8.03. The molecule has 0 amide bonds. The minimum Gasteiger partial charge on any atom is -0.377 e. The van der Waals surface area contributed by atoms with Crippen LogP contribution >= 0.6 is 0 Å². The van der Waals surface area contributed by atoms with Gasteiger partial charge in [0.15, 0.2) is 0 Å². The Kier molecular flexibility index (Phi) is 7.86. The standard InChI is InChI=1S/C18H24F3NO/c1-3-5-6-10-13-22(4-2)14-16(17(23)18(19,20)21)15-11-8-7-9-12-15/h7-9,11-12,14H,3-6,10,13H2,1-2H3/b16-14-. The maximum absolute atomic E-state index is 12.9. The summed E-state index contributed by atoms with van der Waals surface area (Å²) in [6, 6.07) is 8.02. The number of allylic oxidation sites excluding steroid dienone is 1. The molecule has 0 bridgehead atoms. The Balaban J connectivity index is 3.00. The molecule has 0 saturated heterocycles. The van der Waals surface area contributed by atoms with Gasteiger partial charge in [0.2, 0.25) is 0 Å². The van der Waals surface area contributed by atoms with Gasteiger partial charge in [-0.05, 0) is 18.9 Å². The normalized spacial score (nSPS) is 12.3. The molecule has 0 aliphatic heterocycles. The quantitative estimate of drug-likeness (QED) is 0.467. The van der Waals surface area contributed by atoms with Crippen molar-refractivity contribution in [3.05, 3.63) is 42.1 Å². The fourth-order valence-electron chi connectivity index (χ4n) is 2.27. The number of ketones is 1. The number of unbranched alkanes of at least 4 members (excludes halogenated alkanes) is 3. The molecular weight excluding hydrogens is 303 g/mol. The van der Waals surface area contributed by atoms with Crippen LogP contribution in [0.15, 0.2) is 36.5 Å². The summed E-state index contributed by atoms with van der Waals surface area (Å²) in [6.07, 6.45) is 0.633. The van der Waals surface area contributed by atoms with Crippen molar-refractivity contribution in [1.82, 2.24) is 4.90 Å². The molecule has 0 aliphatic rings. The largest absolute Gasteiger partial charge is 0.454 e. The fraction of sp³-hybridized carbons (Fsp3) is 0.500. The van der Waals surface area contributed by atoms with Crippen LogP contribution in [0.5, 0.6) is 0 Å². The maximum atomic E-state index is 12.9. The molecule has 0 atom stereocenters. The topological polar surface area (TPSA) is 20.3 Å². The number of nitrogens with zero attached hydrogens (tertiary/aromatic N) is 1. The minimum absolute atomic E-state index is 0.293. The van der Waals surface area contributed by atoms with E-state index in [1.54, 1.807) is 23.1 Å². The highest BCUT2D eigenvalue weighted by molar-refractivity contribution is 6.23. The average Bonchev–Trinajstić information content (AvgIpc) is 2.53. The zero-order chi connectivity index (χ0) is 17.3. The number of benzene rings is 1. The van der Waals surface area contributed by atoms with Crippen LogP contribution in [-0.2, 0) is 4.79 Å². The van der Waals surface area contributed by atoms with Crippen molar-refractivity contribution in [1.29, 1.82) is 0 Å². The van der Waals surface area contributed by atoms with Gasteiger partial charge < -0.3 is 4.90 Å². The Morgan fingerprint density at radius 3 is 2.26 bits per heavy atom. The van der Waals surface area contributed by atoms with E-state index >= 15 is 0 Å². The van der Waals surface area contributed by atoms with E-state index in [-0.39, 0.29) is 5.57 Å². The lowest BCUT2D eigenvalue weighted by atomic mass is 10.0. The Morgan fingerprint density at radius 1 is 1.09 bits per heavy atom. The second-order valence-corrected chi connectivity index (χ2v) is 5.42. The summed E-state index contributed by atoms with van der Waals surface area (Å²) in [5, 5.41) is 0. The lowest BCUT2D eigenvalue weighted by molar-refractivity contribution is -0.164. The molecule has 0 N–H and O–H groups in total. The Morgan fingerprint density at radius 2 is 1.74 bits per heavy atom. The van der Waals surface area contributed by atoms with Crippen molar-refractivity contribution >= 4 is 11.4 Å². The highest BCUT2D eigenvalue weighted by Gasteiger charge is 2.41. The molecule has 5 heteroatoms. The summed E-state index contributed by atoms with van der Waals surface area (Å²) in [6.45, 7) is 5.19. The Hall–Kier alpha value is -1.78. The van der Waals surface area contributed by atoms with E-state index < -0.39 is 12.0 Å². The first-order valence-electron chi connectivity index (χ1n) is 8.03. The third-order valence-electron chi connectivity index (χ3n) is 3.60. The van der Waals surface area contributed by atoms with Gasteiger partial charge in [0.1, 0.15) is 0 Å². The summed E-state index contributed by atoms with van der Waals surface area (Å²) in [5.74, 6) is -1.80. The minimum atomic E-state index is -4.87. The van der Waals surface area contributed by atoms with Crippen molar-refractivity contribution in [3.8, 4) is 0 Å². The second kappa shape index (κ2) is 9.38. The van der Waals surface area contributed by atoms with Crippen molar-refractivity contribution in [2.24, 2.45) is 0 Å². The van der Waals surface area contributed by atoms with Crippen LogP contribution < -0.4 is 0 Å². The first kappa shape index (κ1) is 19.3. The molecule has 0 aliphatic carbocycles. The van der Waals surface area contributed by atoms with Gasteiger partial charge in [0.05, 0.1) is 5.57 Å². The molecule has 128 valence electrons. The number of carbonyl (C=O) groups is 1. The molecule has 0 unspecified atom stereocenters. The van der Waals surface area contributed by atoms with E-state index in [0.29, 0.717) is 18.7 Å². The van der Waals surface area contributed by atoms with Crippen LogP contribution in [0.4, 0.5) is 13.2 Å². The van der Waals surface area contributed by atoms with Gasteiger partial charge in [0.25, 0.3) is 5.78 Å². The summed E-state index contributed by atoms with van der Waals surface area (Å²) in [4.78, 5) is 13.6. The van der Waals surface area contributed by atoms with Crippen LogP contribution in [0.3, 0.4) is 0 Å². The number of rotatable bonds is 9. The highest BCUT2D eigenvalue weighted by Crippen LogP contribution is 2.27. The van der Waals surface area contributed by atoms with Crippen molar-refractivity contribution < 1.29 is 18.0 Å². The molecular formula is C18H24F3NO. The fourth-order valence-corrected chi connectivity index (χ4v) is 2.27. The highest BCUT2D eigenvalue weighted by atomic mass is 19.4. The van der Waals surface area contributed by atoms with E-state index in [0.717, 1.165) is 25.7 Å². The molecule has 1 aromatic rings. The zero-order valence-electron chi connectivity index (χ0n) is 13.7. The molecule has 0 spiro atoms. The van der Waals surface area contributed by atoms with E-state index in [9.17, 15) is 18.0 Å². The number of hydrogen-bond acceptors (Lipinski definition) is 2. The van der Waals surface area contributed by atoms with Gasteiger partial charge in [-0.1, -0.05) is 56.5 Å². The van der Waals surface area contributed by atoms with E-state index in [1.807, 2.05) is 6.92 Å². The Labute approximate surface area is 136 Å². The van der Waals surface area contributed by atoms with Gasteiger partial charge in [-0.15, -0.1) is 0 Å². The van der Waals surface area contributed by atoms with Gasteiger partial charge in [-0.25, -0.2) is 0 Å². The first-order chi connectivity index (χ1) is 10.9. The van der Waals surface area contributed by atoms with E-state index in [2.05, 4.69) is 6.92 Å². The number of hydrogen-bond donors (Lipinski definition) is 0. The van der Waals surface area contributed by atoms with Crippen molar-refractivity contribution in [3.63, 3.8) is 0 Å². The van der Waals surface area contributed by atoms with Crippen LogP contribution in [0, 0.1) is 0 Å². The van der Waals surface area contributed by atoms with E-state index in [4.69, 9.17) is 0 Å². The summed E-state index contributed by atoms with van der Waals surface area (Å²) in [7, 11) is 0. The number of halogens is 3. The van der Waals surface area contributed by atoms with Gasteiger partial charge in [-0.3, -0.25) is 4.79 Å². The van der Waals surface area contributed by atoms with Crippen molar-refractivity contribution in [2.75, 3.05) is 13.1 Å². The van der Waals surface area contributed by atoms with Crippen molar-refractivity contribution in [2.45, 2.75) is 45.7 Å². The predicted molar refractivity (Wildman–Crippen MR) is 86.9 cm³/mol. The average molecular weight is 327 g/mol. The second-order valence-electron chi connectivity index (χ2n) is 5.42. The molecule has 0 aromatic heterocycles. The SMILES string of the molecule is CCCCCCN(/C=C(\C(=O)C(F)(F)F)c1ccccc1)CC. The molecule has 1 rings (SSSR count). The lowest BCUT2D eigenvalue weighted by Crippen LogP contribution is -2.26. The predicted octanol–water partition coefficient (Wildman–Crippen LogP) is 5.06. The van der Waals surface area contributed by atoms with Crippen LogP contribution in [0.25, 0.3) is 5.57 Å². The third-order valence-corrected chi connectivity index (χ3v) is 3.60. The summed E-state index contributed by atoms with van der Waals surface area (Å²) in [5.41, 5.74) is -0.00252. The van der Waals surface area contributed by atoms with E-state index in [1.165, 1.54) is 18.3 Å². The van der Waals surface area contributed by atoms with Gasteiger partial charge in [-0.2, -0.15) is 13.2 Å². The molecule has 1 aromatic carbocycles. The molecule has 0 heterocycles. The summed E-state index contributed by atoms with van der Waals surface area (Å²) < 4.78 is 38.6. The number of carbonyl (C=O) groups excluding carboxylic acids is 1. The third kappa shape index (κ3) is 6.47. The molecule has 0 fully saturated rings. The lowest BCUT2D eigenvalue weighted by Gasteiger charge is -2.21. The number of Topliss-reactive ketones (excluding diaryl/α,β-unsaturated/α-hetero) is 1. The smallest absolute Gasteiger partial charge is 0.377 e. The van der Waals surface area contributed by atoms with Crippen LogP contribution in [0.2, 0.25) is 0 Å². The van der Waals surface area contributed by atoms with Gasteiger partial charge >= 0.3 is 6.18 Å². The zero-order valence-corrected chi connectivity index (χ0v) is 13.7. The molecule has 0 saturated carbocycles. The monoisotopic (exact) mass is 327 g/mol. The summed E-state index contributed by atoms with van der Waals surface area (Å²) >= 11 is 0. The molecule has 23 heavy (non-hydrogen) atoms. The van der Waals surface area contributed by atoms with Gasteiger partial charge in [0, 0.05) is 19.3 Å². The maximum Gasteiger partial charge on any atom is 0.454 e. The Bertz CT molecular complexity index is 509. The molecule has 0 radical (unpaired) electrons. The van der Waals surface area contributed by atoms with Crippen LogP contribution in [0.1, 0.15) is 45.1 Å². The van der Waals surface area contributed by atoms with Crippen LogP contribution in [-0.4, -0.2) is 29.9 Å².